The highest BCUT2D eigenvalue weighted by molar-refractivity contribution is 5.85. The molecule has 0 amide bonds. The van der Waals surface area contributed by atoms with Gasteiger partial charge in [-0.3, -0.25) is 4.90 Å². The lowest BCUT2D eigenvalue weighted by atomic mass is 9.99. The van der Waals surface area contributed by atoms with Crippen LogP contribution in [-0.4, -0.2) is 36.2 Å². The van der Waals surface area contributed by atoms with Crippen molar-refractivity contribution in [2.45, 2.75) is 18.9 Å². The first-order valence-corrected chi connectivity index (χ1v) is 6.69. The summed E-state index contributed by atoms with van der Waals surface area (Å²) >= 11 is 0. The van der Waals surface area contributed by atoms with Crippen LogP contribution in [0.5, 0.6) is 5.75 Å². The Morgan fingerprint density at radius 3 is 2.40 bits per heavy atom. The lowest BCUT2D eigenvalue weighted by Crippen LogP contribution is -2.45. The number of halogens is 3. The molecule has 3 nitrogen and oxygen atoms in total. The number of phenols is 1. The molecule has 6 heteroatoms. The molecule has 2 fully saturated rings. The van der Waals surface area contributed by atoms with Gasteiger partial charge in [-0.2, -0.15) is 0 Å². The number of nitrogens with one attached hydrogen (secondary N) is 1. The van der Waals surface area contributed by atoms with E-state index in [9.17, 15) is 9.50 Å². The molecule has 2 N–H and O–H groups in total. The van der Waals surface area contributed by atoms with Crippen LogP contribution in [-0.2, 0) is 0 Å². The molecule has 114 valence electrons. The van der Waals surface area contributed by atoms with Gasteiger partial charge in [-0.05, 0) is 24.8 Å². The minimum atomic E-state index is -0.273. The summed E-state index contributed by atoms with van der Waals surface area (Å²) < 4.78 is 14.0. The molecule has 1 heterocycles. The molecule has 2 aliphatic rings. The van der Waals surface area contributed by atoms with Crippen molar-refractivity contribution in [2.24, 2.45) is 5.92 Å². The third kappa shape index (κ3) is 3.76. The molecule has 1 aromatic carbocycles. The number of piperazine rings is 1. The Labute approximate surface area is 131 Å². The van der Waals surface area contributed by atoms with E-state index in [0.29, 0.717) is 5.92 Å². The van der Waals surface area contributed by atoms with Crippen LogP contribution in [0.2, 0.25) is 0 Å². The second-order valence-electron chi connectivity index (χ2n) is 5.27. The minimum Gasteiger partial charge on any atom is -0.508 e. The molecule has 1 saturated heterocycles. The van der Waals surface area contributed by atoms with Crippen LogP contribution in [0.1, 0.15) is 24.4 Å². The molecule has 20 heavy (non-hydrogen) atoms. The highest BCUT2D eigenvalue weighted by Crippen LogP contribution is 2.45. The zero-order chi connectivity index (χ0) is 12.5. The lowest BCUT2D eigenvalue weighted by Gasteiger charge is -2.35. The average molecular weight is 323 g/mol. The van der Waals surface area contributed by atoms with Gasteiger partial charge >= 0.3 is 0 Å². The highest BCUT2D eigenvalue weighted by atomic mass is 35.5. The monoisotopic (exact) mass is 322 g/mol. The van der Waals surface area contributed by atoms with Gasteiger partial charge in [0.25, 0.3) is 0 Å². The molecule has 1 saturated carbocycles. The standard InChI is InChI=1S/C14H19FN2O.2ClH/c15-13-9-11(18)3-4-12(13)14(10-1-2-10)17-7-5-16-6-8-17;;/h3-4,9-10,14,16,18H,1-2,5-8H2;2*1H/t14-;;/m0../s1. The molecule has 0 radical (unpaired) electrons. The largest absolute Gasteiger partial charge is 0.508 e. The van der Waals surface area contributed by atoms with E-state index in [1.165, 1.54) is 18.9 Å². The van der Waals surface area contributed by atoms with Gasteiger partial charge in [0.1, 0.15) is 11.6 Å². The highest BCUT2D eigenvalue weighted by Gasteiger charge is 2.38. The fourth-order valence-corrected chi connectivity index (χ4v) is 2.88. The smallest absolute Gasteiger partial charge is 0.131 e. The maximum atomic E-state index is 14.0. The Morgan fingerprint density at radius 1 is 1.20 bits per heavy atom. The van der Waals surface area contributed by atoms with E-state index in [1.807, 2.05) is 0 Å². The van der Waals surface area contributed by atoms with E-state index in [1.54, 1.807) is 12.1 Å². The van der Waals surface area contributed by atoms with Gasteiger partial charge in [-0.15, -0.1) is 24.8 Å². The average Bonchev–Trinajstić information content (AvgIpc) is 3.18. The first kappa shape index (κ1) is 17.5. The summed E-state index contributed by atoms with van der Waals surface area (Å²) in [6, 6.07) is 4.76. The summed E-state index contributed by atoms with van der Waals surface area (Å²) in [4.78, 5) is 2.38. The third-order valence-electron chi connectivity index (χ3n) is 3.92. The predicted octanol–water partition coefficient (Wildman–Crippen LogP) is 2.73. The van der Waals surface area contributed by atoms with Crippen molar-refractivity contribution in [3.05, 3.63) is 29.6 Å². The summed E-state index contributed by atoms with van der Waals surface area (Å²) in [7, 11) is 0. The first-order valence-electron chi connectivity index (χ1n) is 6.69. The Kier molecular flexibility index (Phi) is 6.52. The number of aromatic hydroxyl groups is 1. The molecule has 1 aliphatic heterocycles. The molecule has 1 aliphatic carbocycles. The van der Waals surface area contributed by atoms with E-state index in [-0.39, 0.29) is 42.4 Å². The van der Waals surface area contributed by atoms with Crippen LogP contribution in [0.4, 0.5) is 4.39 Å². The second-order valence-corrected chi connectivity index (χ2v) is 5.27. The van der Waals surface area contributed by atoms with Crippen molar-refractivity contribution in [1.29, 1.82) is 0 Å². The summed E-state index contributed by atoms with van der Waals surface area (Å²) in [6.45, 7) is 3.90. The molecule has 1 aromatic rings. The summed E-state index contributed by atoms with van der Waals surface area (Å²) in [5, 5.41) is 12.6. The number of hydrogen-bond donors (Lipinski definition) is 2. The van der Waals surface area contributed by atoms with E-state index in [2.05, 4.69) is 10.2 Å². The maximum absolute atomic E-state index is 14.0. The summed E-state index contributed by atoms with van der Waals surface area (Å²) in [5.74, 6) is 0.318. The van der Waals surface area contributed by atoms with Crippen LogP contribution in [0, 0.1) is 11.7 Å². The van der Waals surface area contributed by atoms with Crippen LogP contribution in [0.15, 0.2) is 18.2 Å². The number of hydrogen-bond acceptors (Lipinski definition) is 3. The van der Waals surface area contributed by atoms with Crippen LogP contribution in [0.25, 0.3) is 0 Å². The Bertz CT molecular complexity index is 437. The lowest BCUT2D eigenvalue weighted by molar-refractivity contribution is 0.153. The molecule has 3 rings (SSSR count). The second kappa shape index (κ2) is 7.46. The van der Waals surface area contributed by atoms with Crippen molar-refractivity contribution >= 4 is 24.8 Å². The Morgan fingerprint density at radius 2 is 1.85 bits per heavy atom. The van der Waals surface area contributed by atoms with Crippen LogP contribution < -0.4 is 5.32 Å². The Hall–Kier alpha value is -0.550. The molecular formula is C14H21Cl2FN2O. The van der Waals surface area contributed by atoms with Gasteiger partial charge in [-0.25, -0.2) is 4.39 Å². The van der Waals surface area contributed by atoms with Crippen molar-refractivity contribution in [2.75, 3.05) is 26.2 Å². The molecular weight excluding hydrogens is 302 g/mol. The van der Waals surface area contributed by atoms with E-state index >= 15 is 0 Å². The Balaban J connectivity index is 0.000001000. The van der Waals surface area contributed by atoms with Gasteiger partial charge in [0.05, 0.1) is 0 Å². The number of phenolic OH excluding ortho intramolecular Hbond substituents is 1. The fraction of sp³-hybridized carbons (Fsp3) is 0.571. The topological polar surface area (TPSA) is 35.5 Å². The van der Waals surface area contributed by atoms with Crippen molar-refractivity contribution < 1.29 is 9.50 Å². The van der Waals surface area contributed by atoms with Crippen LogP contribution in [0.3, 0.4) is 0 Å². The summed E-state index contributed by atoms with van der Waals surface area (Å²) in [6.07, 6.45) is 2.38. The van der Waals surface area contributed by atoms with Gasteiger partial charge in [-0.1, -0.05) is 6.07 Å². The fourth-order valence-electron chi connectivity index (χ4n) is 2.88. The zero-order valence-electron chi connectivity index (χ0n) is 11.2. The van der Waals surface area contributed by atoms with E-state index in [0.717, 1.165) is 31.7 Å². The first-order chi connectivity index (χ1) is 8.75. The van der Waals surface area contributed by atoms with E-state index in [4.69, 9.17) is 0 Å². The van der Waals surface area contributed by atoms with Gasteiger partial charge < -0.3 is 10.4 Å². The third-order valence-corrected chi connectivity index (χ3v) is 3.92. The van der Waals surface area contributed by atoms with Crippen molar-refractivity contribution in [3.63, 3.8) is 0 Å². The molecule has 1 atom stereocenters. The molecule has 0 aromatic heterocycles. The predicted molar refractivity (Wildman–Crippen MR) is 82.5 cm³/mol. The number of benzene rings is 1. The molecule has 0 spiro atoms. The van der Waals surface area contributed by atoms with Crippen LogP contribution >= 0.6 is 24.8 Å². The quantitative estimate of drug-likeness (QED) is 0.898. The van der Waals surface area contributed by atoms with Gasteiger partial charge in [0.15, 0.2) is 0 Å². The minimum absolute atomic E-state index is 0. The zero-order valence-corrected chi connectivity index (χ0v) is 12.9. The molecule has 0 unspecified atom stereocenters. The summed E-state index contributed by atoms with van der Waals surface area (Å²) in [5.41, 5.74) is 0.747. The van der Waals surface area contributed by atoms with Gasteiger partial charge in [0.2, 0.25) is 0 Å². The maximum Gasteiger partial charge on any atom is 0.131 e. The number of nitrogens with zero attached hydrogens (tertiary/aromatic N) is 1. The SMILES string of the molecule is Cl.Cl.Oc1ccc([C@H](C2CC2)N2CCNCC2)c(F)c1. The number of rotatable bonds is 3. The van der Waals surface area contributed by atoms with Gasteiger partial charge in [0, 0.05) is 43.9 Å². The van der Waals surface area contributed by atoms with Crippen molar-refractivity contribution in [1.82, 2.24) is 10.2 Å². The van der Waals surface area contributed by atoms with Crippen molar-refractivity contribution in [3.8, 4) is 5.75 Å². The normalized spacial score (nSPS) is 20.6. The molecule has 0 bridgehead atoms. The van der Waals surface area contributed by atoms with E-state index < -0.39 is 0 Å².